The predicted molar refractivity (Wildman–Crippen MR) is 109 cm³/mol. The minimum absolute atomic E-state index is 0.507. The van der Waals surface area contributed by atoms with Crippen molar-refractivity contribution >= 4 is 40.2 Å². The van der Waals surface area contributed by atoms with Crippen LogP contribution in [0, 0.1) is 25.7 Å². The van der Waals surface area contributed by atoms with E-state index in [0.29, 0.717) is 16.1 Å². The van der Waals surface area contributed by atoms with Crippen molar-refractivity contribution in [1.29, 1.82) is 0 Å². The Balaban J connectivity index is 1.64. The summed E-state index contributed by atoms with van der Waals surface area (Å²) in [5.41, 5.74) is 2.40. The molecule has 140 valence electrons. The molecule has 0 bridgehead atoms. The largest absolute Gasteiger partial charge is 0.365 e. The summed E-state index contributed by atoms with van der Waals surface area (Å²) in [6.45, 7) is 3.88. The summed E-state index contributed by atoms with van der Waals surface area (Å²) in [5.74, 6) is 3.94. The Labute approximate surface area is 168 Å². The number of fused-ring (bicyclic) bond motifs is 1. The molecule has 1 aromatic carbocycles. The minimum atomic E-state index is 0.507. The van der Waals surface area contributed by atoms with E-state index in [2.05, 4.69) is 10.3 Å². The molecule has 27 heavy (non-hydrogen) atoms. The third-order valence-corrected chi connectivity index (χ3v) is 6.04. The summed E-state index contributed by atoms with van der Waals surface area (Å²) in [4.78, 5) is 14.2. The van der Waals surface area contributed by atoms with Gasteiger partial charge in [-0.25, -0.2) is 15.0 Å². The van der Waals surface area contributed by atoms with E-state index in [1.165, 1.54) is 25.7 Å². The summed E-state index contributed by atoms with van der Waals surface area (Å²) in [6, 6.07) is 5.98. The van der Waals surface area contributed by atoms with E-state index < -0.39 is 0 Å². The van der Waals surface area contributed by atoms with Crippen molar-refractivity contribution in [2.75, 3.05) is 5.32 Å². The third kappa shape index (κ3) is 3.17. The van der Waals surface area contributed by atoms with Crippen LogP contribution >= 0.6 is 23.2 Å². The van der Waals surface area contributed by atoms with Crippen molar-refractivity contribution < 1.29 is 0 Å². The number of hydrogen-bond acceptors (Lipinski definition) is 4. The number of halogens is 2. The van der Waals surface area contributed by atoms with E-state index in [4.69, 9.17) is 33.2 Å². The lowest BCUT2D eigenvalue weighted by atomic mass is 10.1. The van der Waals surface area contributed by atoms with Gasteiger partial charge in [0.2, 0.25) is 0 Å². The fourth-order valence-electron chi connectivity index (χ4n) is 3.92. The van der Waals surface area contributed by atoms with E-state index in [-0.39, 0.29) is 0 Å². The van der Waals surface area contributed by atoms with E-state index in [1.54, 1.807) is 6.07 Å². The molecule has 5 nitrogen and oxygen atoms in total. The number of aryl methyl sites for hydroxylation is 2. The van der Waals surface area contributed by atoms with Crippen LogP contribution in [-0.4, -0.2) is 25.6 Å². The molecule has 0 atom stereocenters. The number of nitrogens with zero attached hydrogens (tertiary/aromatic N) is 4. The number of rotatable bonds is 5. The molecule has 0 aliphatic heterocycles. The molecule has 0 saturated heterocycles. The second kappa shape index (κ2) is 6.35. The molecule has 3 aromatic rings. The highest BCUT2D eigenvalue weighted by molar-refractivity contribution is 6.35. The lowest BCUT2D eigenvalue weighted by Gasteiger charge is -2.18. The first kappa shape index (κ1) is 17.3. The van der Waals surface area contributed by atoms with Crippen LogP contribution in [0.15, 0.2) is 18.2 Å². The van der Waals surface area contributed by atoms with Crippen molar-refractivity contribution in [1.82, 2.24) is 19.5 Å². The van der Waals surface area contributed by atoms with Crippen LogP contribution in [0.4, 0.5) is 5.82 Å². The molecule has 0 amide bonds. The molecule has 2 aliphatic carbocycles. The van der Waals surface area contributed by atoms with Gasteiger partial charge in [-0.2, -0.15) is 0 Å². The Morgan fingerprint density at radius 2 is 1.74 bits per heavy atom. The highest BCUT2D eigenvalue weighted by Crippen LogP contribution is 2.46. The van der Waals surface area contributed by atoms with Gasteiger partial charge in [0.1, 0.15) is 11.6 Å². The lowest BCUT2D eigenvalue weighted by molar-refractivity contribution is 0.566. The van der Waals surface area contributed by atoms with Crippen molar-refractivity contribution in [3.8, 4) is 5.69 Å². The number of aromatic nitrogens is 4. The smallest absolute Gasteiger partial charge is 0.170 e. The van der Waals surface area contributed by atoms with Crippen LogP contribution in [0.2, 0.25) is 10.0 Å². The van der Waals surface area contributed by atoms with E-state index >= 15 is 0 Å². The zero-order valence-corrected chi connectivity index (χ0v) is 16.8. The number of imidazole rings is 1. The molecule has 0 spiro atoms. The molecule has 0 radical (unpaired) electrons. The number of anilines is 1. The third-order valence-electron chi connectivity index (χ3n) is 5.50. The van der Waals surface area contributed by atoms with Gasteiger partial charge in [0, 0.05) is 11.1 Å². The van der Waals surface area contributed by atoms with Crippen LogP contribution in [0.25, 0.3) is 16.9 Å². The van der Waals surface area contributed by atoms with E-state index in [1.807, 2.05) is 30.5 Å². The first-order valence-electron chi connectivity index (χ1n) is 9.47. The molecule has 5 rings (SSSR count). The monoisotopic (exact) mass is 401 g/mol. The summed E-state index contributed by atoms with van der Waals surface area (Å²) in [5, 5.41) is 4.90. The van der Waals surface area contributed by atoms with Crippen LogP contribution in [-0.2, 0) is 0 Å². The molecule has 0 unspecified atom stereocenters. The van der Waals surface area contributed by atoms with Crippen molar-refractivity contribution in [3.05, 3.63) is 39.9 Å². The van der Waals surface area contributed by atoms with Gasteiger partial charge < -0.3 is 5.32 Å². The lowest BCUT2D eigenvalue weighted by Crippen LogP contribution is -2.25. The topological polar surface area (TPSA) is 55.6 Å². The average Bonchev–Trinajstić information content (AvgIpc) is 3.51. The maximum Gasteiger partial charge on any atom is 0.170 e. The van der Waals surface area contributed by atoms with Crippen molar-refractivity contribution in [3.63, 3.8) is 0 Å². The Kier molecular flexibility index (Phi) is 4.06. The summed E-state index contributed by atoms with van der Waals surface area (Å²) >= 11 is 12.5. The van der Waals surface area contributed by atoms with Crippen molar-refractivity contribution in [2.24, 2.45) is 11.8 Å². The average molecular weight is 402 g/mol. The van der Waals surface area contributed by atoms with Gasteiger partial charge in [0.05, 0.1) is 10.7 Å². The highest BCUT2D eigenvalue weighted by Gasteiger charge is 2.42. The Bertz CT molecular complexity index is 1020. The highest BCUT2D eigenvalue weighted by atomic mass is 35.5. The Morgan fingerprint density at radius 3 is 2.37 bits per heavy atom. The maximum atomic E-state index is 6.46. The summed E-state index contributed by atoms with van der Waals surface area (Å²) < 4.78 is 1.98. The molecule has 2 saturated carbocycles. The molecule has 7 heteroatoms. The quantitative estimate of drug-likeness (QED) is 0.626. The van der Waals surface area contributed by atoms with Gasteiger partial charge in [0.15, 0.2) is 17.0 Å². The normalized spacial score (nSPS) is 17.1. The molecular formula is C20H21Cl2N5. The van der Waals surface area contributed by atoms with Crippen LogP contribution < -0.4 is 5.32 Å². The number of nitrogens with one attached hydrogen (secondary N) is 1. The second-order valence-electron chi connectivity index (χ2n) is 7.73. The van der Waals surface area contributed by atoms with Gasteiger partial charge in [-0.05, 0) is 69.6 Å². The van der Waals surface area contributed by atoms with Gasteiger partial charge in [-0.15, -0.1) is 0 Å². The standard InChI is InChI=1S/C20H21Cl2N5/c1-10-23-19(26-17(12-3-4-12)13-5-6-13)18-20(24-10)27(11(2)25-18)16-8-7-14(21)9-15(16)22/h7-9,12-13,17H,3-6H2,1-2H3,(H,23,24,26). The SMILES string of the molecule is Cc1nc(NC(C2CC2)C2CC2)c2nc(C)n(-c3ccc(Cl)cc3Cl)c2n1. The van der Waals surface area contributed by atoms with E-state index in [9.17, 15) is 0 Å². The molecule has 2 aromatic heterocycles. The fraction of sp³-hybridized carbons (Fsp3) is 0.450. The van der Waals surface area contributed by atoms with Gasteiger partial charge in [-0.1, -0.05) is 23.2 Å². The van der Waals surface area contributed by atoms with Crippen LogP contribution in [0.5, 0.6) is 0 Å². The Hall–Kier alpha value is -1.85. The second-order valence-corrected chi connectivity index (χ2v) is 8.57. The number of hydrogen-bond donors (Lipinski definition) is 1. The Morgan fingerprint density at radius 1 is 1.04 bits per heavy atom. The van der Waals surface area contributed by atoms with Gasteiger partial charge in [0.25, 0.3) is 0 Å². The summed E-state index contributed by atoms with van der Waals surface area (Å²) in [7, 11) is 0. The van der Waals surface area contributed by atoms with Crippen LogP contribution in [0.3, 0.4) is 0 Å². The molecule has 2 fully saturated rings. The molecule has 2 aliphatic rings. The molecular weight excluding hydrogens is 381 g/mol. The zero-order valence-electron chi connectivity index (χ0n) is 15.3. The van der Waals surface area contributed by atoms with Gasteiger partial charge in [-0.3, -0.25) is 4.57 Å². The first-order chi connectivity index (χ1) is 13.0. The first-order valence-corrected chi connectivity index (χ1v) is 10.2. The molecule has 2 heterocycles. The predicted octanol–water partition coefficient (Wildman–Crippen LogP) is 5.34. The van der Waals surface area contributed by atoms with E-state index in [0.717, 1.165) is 46.2 Å². The summed E-state index contributed by atoms with van der Waals surface area (Å²) in [6.07, 6.45) is 5.26. The van der Waals surface area contributed by atoms with Crippen molar-refractivity contribution in [2.45, 2.75) is 45.6 Å². The zero-order chi connectivity index (χ0) is 18.7. The van der Waals surface area contributed by atoms with Gasteiger partial charge >= 0.3 is 0 Å². The fourth-order valence-corrected chi connectivity index (χ4v) is 4.41. The maximum absolute atomic E-state index is 6.46. The number of benzene rings is 1. The van der Waals surface area contributed by atoms with Crippen LogP contribution in [0.1, 0.15) is 37.3 Å². The molecule has 1 N–H and O–H groups in total. The minimum Gasteiger partial charge on any atom is -0.365 e.